The van der Waals surface area contributed by atoms with Crippen molar-refractivity contribution >= 4 is 29.5 Å². The number of hydrogen-bond acceptors (Lipinski definition) is 5. The summed E-state index contributed by atoms with van der Waals surface area (Å²) in [7, 11) is 1.77. The van der Waals surface area contributed by atoms with Crippen molar-refractivity contribution in [3.63, 3.8) is 0 Å². The summed E-state index contributed by atoms with van der Waals surface area (Å²) >= 11 is 1.59. The lowest BCUT2D eigenvalue weighted by Crippen LogP contribution is -2.56. The number of likely N-dealkylation sites (N-methyl/N-ethyl adjacent to an activating group) is 1. The second kappa shape index (κ2) is 8.62. The molecule has 6 atom stereocenters. The lowest BCUT2D eigenvalue weighted by atomic mass is 9.78. The molecule has 0 aromatic rings. The lowest BCUT2D eigenvalue weighted by molar-refractivity contribution is -0.146. The van der Waals surface area contributed by atoms with E-state index in [1.165, 1.54) is 0 Å². The molecule has 3 amide bonds. The summed E-state index contributed by atoms with van der Waals surface area (Å²) in [6, 6.07) is -1.13. The fraction of sp³-hybridized carbons (Fsp3) is 0.696. The predicted molar refractivity (Wildman–Crippen MR) is 120 cm³/mol. The van der Waals surface area contributed by atoms with Crippen molar-refractivity contribution in [2.24, 2.45) is 11.8 Å². The van der Waals surface area contributed by atoms with Crippen LogP contribution in [-0.2, 0) is 14.4 Å². The Morgan fingerprint density at radius 3 is 2.61 bits per heavy atom. The molecule has 170 valence electrons. The third kappa shape index (κ3) is 3.33. The Bertz CT molecular complexity index is 811. The number of thioether (sulfide) groups is 1. The number of nitrogens with zero attached hydrogens (tertiary/aromatic N) is 3. The number of carbonyl (C=O) groups excluding carboxylic acids is 3. The molecule has 1 unspecified atom stereocenters. The summed E-state index contributed by atoms with van der Waals surface area (Å²) in [5, 5.41) is 9.93. The Labute approximate surface area is 188 Å². The molecule has 4 aliphatic heterocycles. The van der Waals surface area contributed by atoms with Gasteiger partial charge >= 0.3 is 0 Å². The van der Waals surface area contributed by atoms with Gasteiger partial charge in [0.15, 0.2) is 0 Å². The van der Waals surface area contributed by atoms with Crippen molar-refractivity contribution in [2.75, 3.05) is 33.3 Å². The van der Waals surface area contributed by atoms with E-state index in [4.69, 9.17) is 0 Å². The first-order valence-electron chi connectivity index (χ1n) is 11.4. The minimum atomic E-state index is -0.786. The van der Waals surface area contributed by atoms with Crippen molar-refractivity contribution in [1.29, 1.82) is 0 Å². The van der Waals surface area contributed by atoms with Crippen LogP contribution < -0.4 is 0 Å². The highest BCUT2D eigenvalue weighted by atomic mass is 32.2. The van der Waals surface area contributed by atoms with E-state index < -0.39 is 28.7 Å². The molecule has 7 nitrogen and oxygen atoms in total. The topological polar surface area (TPSA) is 81.2 Å². The van der Waals surface area contributed by atoms with Gasteiger partial charge in [-0.15, -0.1) is 11.8 Å². The molecule has 2 saturated heterocycles. The van der Waals surface area contributed by atoms with Gasteiger partial charge in [0, 0.05) is 31.9 Å². The van der Waals surface area contributed by atoms with Gasteiger partial charge in [-0.25, -0.2) is 0 Å². The van der Waals surface area contributed by atoms with Gasteiger partial charge in [0.05, 0.1) is 29.2 Å². The molecule has 4 heterocycles. The van der Waals surface area contributed by atoms with Gasteiger partial charge in [0.1, 0.15) is 6.04 Å². The molecule has 8 heteroatoms. The summed E-state index contributed by atoms with van der Waals surface area (Å²) in [5.41, 5.74) is 0. The summed E-state index contributed by atoms with van der Waals surface area (Å²) in [5.74, 6) is -1.36. The number of likely N-dealkylation sites (tertiary alicyclic amines) is 1. The van der Waals surface area contributed by atoms with Crippen LogP contribution >= 0.6 is 11.8 Å². The minimum Gasteiger partial charge on any atom is -0.394 e. The number of aliphatic hydroxyl groups is 1. The number of rotatable bonds is 6. The maximum atomic E-state index is 13.9. The first kappa shape index (κ1) is 22.4. The molecule has 0 bridgehead atoms. The number of amides is 3. The van der Waals surface area contributed by atoms with Crippen molar-refractivity contribution in [1.82, 2.24) is 14.7 Å². The van der Waals surface area contributed by atoms with E-state index >= 15 is 0 Å². The van der Waals surface area contributed by atoms with Gasteiger partial charge in [0.2, 0.25) is 17.7 Å². The third-order valence-electron chi connectivity index (χ3n) is 7.24. The predicted octanol–water partition coefficient (Wildman–Crippen LogP) is 1.28. The SMILES string of the molecule is CCCCN1CC=C[C@]23S[C@H]4C=CCN(C)C(=O)[C@H]4[C@H]2C(=O)N([C@@H](CC)CO)C3C1=O. The first-order valence-corrected chi connectivity index (χ1v) is 12.3. The molecule has 2 fully saturated rings. The van der Waals surface area contributed by atoms with Crippen molar-refractivity contribution in [3.8, 4) is 0 Å². The highest BCUT2D eigenvalue weighted by Gasteiger charge is 2.71. The van der Waals surface area contributed by atoms with E-state index in [1.807, 2.05) is 36.1 Å². The van der Waals surface area contributed by atoms with E-state index in [0.717, 1.165) is 12.8 Å². The van der Waals surface area contributed by atoms with Crippen LogP contribution in [0.15, 0.2) is 24.3 Å². The van der Waals surface area contributed by atoms with Crippen LogP contribution in [-0.4, -0.2) is 92.9 Å². The number of hydrogen-bond donors (Lipinski definition) is 1. The van der Waals surface area contributed by atoms with Gasteiger partial charge in [-0.3, -0.25) is 14.4 Å². The van der Waals surface area contributed by atoms with Gasteiger partial charge in [0.25, 0.3) is 0 Å². The summed E-state index contributed by atoms with van der Waals surface area (Å²) in [6.07, 6.45) is 10.5. The fourth-order valence-corrected chi connectivity index (χ4v) is 7.60. The molecule has 1 spiro atoms. The molecule has 1 N–H and O–H groups in total. The minimum absolute atomic E-state index is 0.0386. The zero-order chi connectivity index (χ0) is 22.3. The highest BCUT2D eigenvalue weighted by molar-refractivity contribution is 8.02. The molecule has 0 aromatic heterocycles. The number of fused-ring (bicyclic) bond motifs is 2. The molecule has 31 heavy (non-hydrogen) atoms. The molecule has 0 saturated carbocycles. The zero-order valence-electron chi connectivity index (χ0n) is 18.6. The first-order chi connectivity index (χ1) is 14.9. The monoisotopic (exact) mass is 447 g/mol. The van der Waals surface area contributed by atoms with Crippen molar-refractivity contribution in [2.45, 2.75) is 55.2 Å². The van der Waals surface area contributed by atoms with Crippen LogP contribution in [0.5, 0.6) is 0 Å². The Morgan fingerprint density at radius 1 is 1.16 bits per heavy atom. The molecule has 4 rings (SSSR count). The van der Waals surface area contributed by atoms with Crippen LogP contribution in [0.3, 0.4) is 0 Å². The van der Waals surface area contributed by atoms with E-state index in [2.05, 4.69) is 6.92 Å². The normalized spacial score (nSPS) is 35.7. The van der Waals surface area contributed by atoms with Gasteiger partial charge in [-0.2, -0.15) is 0 Å². The highest BCUT2D eigenvalue weighted by Crippen LogP contribution is 2.61. The van der Waals surface area contributed by atoms with Crippen molar-refractivity contribution < 1.29 is 19.5 Å². The van der Waals surface area contributed by atoms with E-state index in [1.54, 1.807) is 28.6 Å². The Morgan fingerprint density at radius 2 is 1.94 bits per heavy atom. The summed E-state index contributed by atoms with van der Waals surface area (Å²) < 4.78 is -0.786. The van der Waals surface area contributed by atoms with Crippen LogP contribution in [0.1, 0.15) is 33.1 Å². The lowest BCUT2D eigenvalue weighted by Gasteiger charge is -2.38. The largest absolute Gasteiger partial charge is 0.394 e. The number of unbranched alkanes of at least 4 members (excludes halogenated alkanes) is 1. The molecular formula is C23H33N3O4S. The number of carbonyl (C=O) groups is 3. The molecule has 0 aromatic carbocycles. The van der Waals surface area contributed by atoms with E-state index in [0.29, 0.717) is 26.1 Å². The van der Waals surface area contributed by atoms with E-state index in [-0.39, 0.29) is 29.6 Å². The van der Waals surface area contributed by atoms with Gasteiger partial charge < -0.3 is 19.8 Å². The maximum absolute atomic E-state index is 13.9. The Hall–Kier alpha value is -1.80. The average molecular weight is 448 g/mol. The van der Waals surface area contributed by atoms with Crippen LogP contribution in [0.4, 0.5) is 0 Å². The third-order valence-corrected chi connectivity index (χ3v) is 8.98. The fourth-order valence-electron chi connectivity index (χ4n) is 5.61. The molecule has 0 aliphatic carbocycles. The standard InChI is InChI=1S/C23H33N3O4S/c1-4-6-12-25-13-8-10-23-18(17-16(31-23)9-7-11-24(3)20(17)28)21(29)26(15(5-2)14-27)19(23)22(25)30/h7-10,15-19,27H,4-6,11-14H2,1-3H3/t15-,16-,17+,18-,19?,23-/m0/s1. The second-order valence-electron chi connectivity index (χ2n) is 9.02. The number of aliphatic hydroxyl groups excluding tert-OH is 1. The molecule has 0 radical (unpaired) electrons. The molecule has 4 aliphatic rings. The van der Waals surface area contributed by atoms with Crippen molar-refractivity contribution in [3.05, 3.63) is 24.3 Å². The van der Waals surface area contributed by atoms with Gasteiger partial charge in [-0.05, 0) is 12.8 Å². The Balaban J connectivity index is 1.83. The molecular weight excluding hydrogens is 414 g/mol. The van der Waals surface area contributed by atoms with Crippen LogP contribution in [0.2, 0.25) is 0 Å². The smallest absolute Gasteiger partial charge is 0.247 e. The van der Waals surface area contributed by atoms with Crippen LogP contribution in [0, 0.1) is 11.8 Å². The summed E-state index contributed by atoms with van der Waals surface area (Å²) in [6.45, 7) is 5.51. The second-order valence-corrected chi connectivity index (χ2v) is 10.5. The quantitative estimate of drug-likeness (QED) is 0.621. The van der Waals surface area contributed by atoms with E-state index in [9.17, 15) is 19.5 Å². The zero-order valence-corrected chi connectivity index (χ0v) is 19.4. The van der Waals surface area contributed by atoms with Gasteiger partial charge in [-0.1, -0.05) is 44.6 Å². The Kier molecular flexibility index (Phi) is 6.23. The average Bonchev–Trinajstić information content (AvgIpc) is 3.09. The summed E-state index contributed by atoms with van der Waals surface area (Å²) in [4.78, 5) is 46.2. The van der Waals surface area contributed by atoms with Crippen LogP contribution in [0.25, 0.3) is 0 Å². The maximum Gasteiger partial charge on any atom is 0.247 e.